The average molecular weight is 285 g/mol. The maximum Gasteiger partial charge on any atom is 0.181 e. The number of nitrogens with zero attached hydrogens (tertiary/aromatic N) is 1. The first-order valence-corrected chi connectivity index (χ1v) is 6.57. The van der Waals surface area contributed by atoms with Gasteiger partial charge in [-0.25, -0.2) is 4.98 Å². The van der Waals surface area contributed by atoms with E-state index in [0.717, 1.165) is 18.7 Å². The van der Waals surface area contributed by atoms with Gasteiger partial charge in [0.1, 0.15) is 5.69 Å². The molecule has 3 nitrogen and oxygen atoms in total. The quantitative estimate of drug-likeness (QED) is 0.839. The number of nitrogens with one attached hydrogen (secondary N) is 1. The number of benzene rings is 1. The van der Waals surface area contributed by atoms with E-state index in [2.05, 4.69) is 17.2 Å². The minimum atomic E-state index is 0.566. The van der Waals surface area contributed by atoms with Gasteiger partial charge in [-0.2, -0.15) is 0 Å². The second kappa shape index (κ2) is 6.23. The van der Waals surface area contributed by atoms with Crippen LogP contribution in [0.1, 0.15) is 19.0 Å². The first-order chi connectivity index (χ1) is 8.74. The van der Waals surface area contributed by atoms with E-state index in [1.807, 2.05) is 0 Å². The Balaban J connectivity index is 2.31. The number of hydrogen-bond acceptors (Lipinski definition) is 3. The van der Waals surface area contributed by atoms with E-state index in [1.54, 1.807) is 18.2 Å². The highest BCUT2D eigenvalue weighted by atomic mass is 35.5. The fourth-order valence-corrected chi connectivity index (χ4v) is 2.27. The third-order valence-electron chi connectivity index (χ3n) is 2.55. The van der Waals surface area contributed by atoms with Gasteiger partial charge in [0.2, 0.25) is 0 Å². The lowest BCUT2D eigenvalue weighted by atomic mass is 10.1. The molecule has 1 N–H and O–H groups in total. The van der Waals surface area contributed by atoms with Gasteiger partial charge in [-0.15, -0.1) is 0 Å². The summed E-state index contributed by atoms with van der Waals surface area (Å²) in [6.45, 7) is 3.69. The second-order valence-corrected chi connectivity index (χ2v) is 4.72. The summed E-state index contributed by atoms with van der Waals surface area (Å²) in [4.78, 5) is 4.20. The Kier molecular flexibility index (Phi) is 4.64. The molecule has 1 heterocycles. The van der Waals surface area contributed by atoms with Crippen molar-refractivity contribution in [3.05, 3.63) is 40.3 Å². The van der Waals surface area contributed by atoms with Crippen molar-refractivity contribution in [1.82, 2.24) is 10.3 Å². The Hall–Kier alpha value is -1.03. The standard InChI is InChI=1S/C13H14Cl2N2O/c1-2-6-16-7-11-13(18-8-17-11)12-9(14)4-3-5-10(12)15/h3-5,8,16H,2,6-7H2,1H3. The number of oxazole rings is 1. The highest BCUT2D eigenvalue weighted by Crippen LogP contribution is 2.36. The molecule has 5 heteroatoms. The molecule has 1 aromatic heterocycles. The predicted octanol–water partition coefficient (Wildman–Crippen LogP) is 4.15. The van der Waals surface area contributed by atoms with Crippen LogP contribution in [0.4, 0.5) is 0 Å². The molecule has 0 saturated carbocycles. The van der Waals surface area contributed by atoms with E-state index >= 15 is 0 Å². The van der Waals surface area contributed by atoms with Crippen LogP contribution in [0, 0.1) is 0 Å². The van der Waals surface area contributed by atoms with Crippen LogP contribution in [0.15, 0.2) is 29.0 Å². The normalized spacial score (nSPS) is 10.8. The van der Waals surface area contributed by atoms with Gasteiger partial charge in [0, 0.05) is 6.54 Å². The summed E-state index contributed by atoms with van der Waals surface area (Å²) in [5.41, 5.74) is 1.52. The molecule has 0 saturated heterocycles. The molecule has 0 amide bonds. The van der Waals surface area contributed by atoms with Gasteiger partial charge in [0.25, 0.3) is 0 Å². The Morgan fingerprint density at radius 1 is 1.28 bits per heavy atom. The largest absolute Gasteiger partial charge is 0.443 e. The van der Waals surface area contributed by atoms with Crippen LogP contribution in [0.3, 0.4) is 0 Å². The number of halogens is 2. The molecule has 0 atom stereocenters. The Morgan fingerprint density at radius 2 is 2.00 bits per heavy atom. The van der Waals surface area contributed by atoms with Gasteiger partial charge in [0.05, 0.1) is 15.6 Å². The SMILES string of the molecule is CCCNCc1ncoc1-c1c(Cl)cccc1Cl. The molecule has 0 radical (unpaired) electrons. The van der Waals surface area contributed by atoms with Crippen molar-refractivity contribution < 1.29 is 4.42 Å². The fraction of sp³-hybridized carbons (Fsp3) is 0.308. The summed E-state index contributed by atoms with van der Waals surface area (Å²) in [6.07, 6.45) is 2.48. The number of hydrogen-bond donors (Lipinski definition) is 1. The molecule has 1 aromatic carbocycles. The third-order valence-corrected chi connectivity index (χ3v) is 3.18. The Labute approximate surface area is 116 Å². The highest BCUT2D eigenvalue weighted by molar-refractivity contribution is 6.39. The van der Waals surface area contributed by atoms with Crippen LogP contribution < -0.4 is 5.32 Å². The van der Waals surface area contributed by atoms with Crippen LogP contribution in [-0.4, -0.2) is 11.5 Å². The Morgan fingerprint density at radius 3 is 2.67 bits per heavy atom. The van der Waals surface area contributed by atoms with Gasteiger partial charge in [0.15, 0.2) is 12.2 Å². The first kappa shape index (κ1) is 13.4. The molecule has 0 unspecified atom stereocenters. The molecule has 0 spiro atoms. The topological polar surface area (TPSA) is 38.1 Å². The van der Waals surface area contributed by atoms with E-state index in [1.165, 1.54) is 6.39 Å². The predicted molar refractivity (Wildman–Crippen MR) is 74.0 cm³/mol. The van der Waals surface area contributed by atoms with Gasteiger partial charge in [-0.3, -0.25) is 0 Å². The molecular formula is C13H14Cl2N2O. The maximum atomic E-state index is 6.16. The molecule has 0 aliphatic rings. The molecular weight excluding hydrogens is 271 g/mol. The van der Waals surface area contributed by atoms with E-state index in [9.17, 15) is 0 Å². The molecule has 2 rings (SSSR count). The molecule has 0 aliphatic carbocycles. The molecule has 18 heavy (non-hydrogen) atoms. The van der Waals surface area contributed by atoms with Crippen molar-refractivity contribution in [2.45, 2.75) is 19.9 Å². The van der Waals surface area contributed by atoms with E-state index in [-0.39, 0.29) is 0 Å². The monoisotopic (exact) mass is 284 g/mol. The highest BCUT2D eigenvalue weighted by Gasteiger charge is 2.16. The maximum absolute atomic E-state index is 6.16. The third kappa shape index (κ3) is 2.86. The smallest absolute Gasteiger partial charge is 0.181 e. The van der Waals surface area contributed by atoms with Crippen LogP contribution >= 0.6 is 23.2 Å². The molecule has 96 valence electrons. The summed E-state index contributed by atoms with van der Waals surface area (Å²) in [5.74, 6) is 0.634. The number of rotatable bonds is 5. The van der Waals surface area contributed by atoms with E-state index in [4.69, 9.17) is 27.6 Å². The van der Waals surface area contributed by atoms with Crippen LogP contribution in [0.5, 0.6) is 0 Å². The lowest BCUT2D eigenvalue weighted by molar-refractivity contribution is 0.569. The summed E-state index contributed by atoms with van der Waals surface area (Å²) < 4.78 is 5.42. The van der Waals surface area contributed by atoms with Crippen LogP contribution in [-0.2, 0) is 6.54 Å². The zero-order chi connectivity index (χ0) is 13.0. The molecule has 0 bridgehead atoms. The lowest BCUT2D eigenvalue weighted by Gasteiger charge is -2.06. The minimum absolute atomic E-state index is 0.566. The van der Waals surface area contributed by atoms with Gasteiger partial charge in [-0.1, -0.05) is 36.2 Å². The first-order valence-electron chi connectivity index (χ1n) is 5.81. The lowest BCUT2D eigenvalue weighted by Crippen LogP contribution is -2.14. The van der Waals surface area contributed by atoms with E-state index < -0.39 is 0 Å². The summed E-state index contributed by atoms with van der Waals surface area (Å²) in [7, 11) is 0. The second-order valence-electron chi connectivity index (χ2n) is 3.90. The van der Waals surface area contributed by atoms with Crippen molar-refractivity contribution in [2.75, 3.05) is 6.54 Å². The summed E-state index contributed by atoms with van der Waals surface area (Å²) in [5, 5.41) is 4.41. The van der Waals surface area contributed by atoms with Crippen LogP contribution in [0.25, 0.3) is 11.3 Å². The number of aromatic nitrogens is 1. The van der Waals surface area contributed by atoms with Crippen molar-refractivity contribution in [3.8, 4) is 11.3 Å². The summed E-state index contributed by atoms with van der Waals surface area (Å²) >= 11 is 12.3. The zero-order valence-electron chi connectivity index (χ0n) is 10.0. The van der Waals surface area contributed by atoms with Crippen molar-refractivity contribution in [1.29, 1.82) is 0 Å². The average Bonchev–Trinajstić information content (AvgIpc) is 2.78. The van der Waals surface area contributed by atoms with Gasteiger partial charge in [-0.05, 0) is 25.1 Å². The summed E-state index contributed by atoms with van der Waals surface area (Å²) in [6, 6.07) is 5.38. The minimum Gasteiger partial charge on any atom is -0.443 e. The zero-order valence-corrected chi connectivity index (χ0v) is 11.6. The van der Waals surface area contributed by atoms with Crippen LogP contribution in [0.2, 0.25) is 10.0 Å². The molecule has 0 aliphatic heterocycles. The van der Waals surface area contributed by atoms with Gasteiger partial charge >= 0.3 is 0 Å². The van der Waals surface area contributed by atoms with E-state index in [0.29, 0.717) is 27.9 Å². The van der Waals surface area contributed by atoms with Crippen molar-refractivity contribution in [2.24, 2.45) is 0 Å². The van der Waals surface area contributed by atoms with Crippen molar-refractivity contribution in [3.63, 3.8) is 0 Å². The Bertz CT molecular complexity index is 505. The van der Waals surface area contributed by atoms with Crippen molar-refractivity contribution >= 4 is 23.2 Å². The molecule has 0 fully saturated rings. The van der Waals surface area contributed by atoms with Gasteiger partial charge < -0.3 is 9.73 Å². The fourth-order valence-electron chi connectivity index (χ4n) is 1.70. The molecule has 2 aromatic rings.